The van der Waals surface area contributed by atoms with Crippen LogP contribution in [0.15, 0.2) is 18.3 Å². The highest BCUT2D eigenvalue weighted by atomic mass is 32.2. The molecule has 7 nitrogen and oxygen atoms in total. The van der Waals surface area contributed by atoms with E-state index in [4.69, 9.17) is 5.73 Å². The maximum Gasteiger partial charge on any atom is 0.419 e. The van der Waals surface area contributed by atoms with Crippen molar-refractivity contribution in [3.8, 4) is 11.3 Å². The smallest absolute Gasteiger partial charge is 0.383 e. The molecule has 0 amide bonds. The largest absolute Gasteiger partial charge is 0.419 e. The van der Waals surface area contributed by atoms with Crippen LogP contribution in [0.1, 0.15) is 49.9 Å². The number of hydrogen-bond acceptors (Lipinski definition) is 6. The summed E-state index contributed by atoms with van der Waals surface area (Å²) in [6, 6.07) is 3.41. The van der Waals surface area contributed by atoms with Gasteiger partial charge in [0, 0.05) is 48.5 Å². The van der Waals surface area contributed by atoms with Gasteiger partial charge in [0.05, 0.1) is 22.8 Å². The monoisotopic (exact) mass is 483 g/mol. The minimum Gasteiger partial charge on any atom is -0.383 e. The molecule has 180 valence electrons. The lowest BCUT2D eigenvalue weighted by Gasteiger charge is -2.33. The van der Waals surface area contributed by atoms with Crippen molar-refractivity contribution in [1.29, 1.82) is 0 Å². The molecule has 2 aromatic heterocycles. The van der Waals surface area contributed by atoms with Crippen LogP contribution < -0.4 is 5.73 Å². The molecule has 4 atom stereocenters. The van der Waals surface area contributed by atoms with Gasteiger partial charge in [0.25, 0.3) is 0 Å². The third-order valence-electron chi connectivity index (χ3n) is 7.43. The van der Waals surface area contributed by atoms with E-state index in [1.165, 1.54) is 6.20 Å². The predicted octanol–water partition coefficient (Wildman–Crippen LogP) is 3.35. The molecule has 0 spiro atoms. The number of rotatable bonds is 4. The van der Waals surface area contributed by atoms with E-state index in [2.05, 4.69) is 15.0 Å². The molecule has 1 saturated heterocycles. The second-order valence-electron chi connectivity index (χ2n) is 9.81. The first-order valence-electron chi connectivity index (χ1n) is 11.3. The number of halogens is 3. The van der Waals surface area contributed by atoms with Crippen LogP contribution in [0.4, 0.5) is 19.0 Å². The Morgan fingerprint density at radius 3 is 2.33 bits per heavy atom. The normalized spacial score (nSPS) is 29.4. The molecule has 0 bridgehead atoms. The molecule has 0 radical (unpaired) electrons. The van der Waals surface area contributed by atoms with E-state index in [1.807, 2.05) is 24.6 Å². The van der Waals surface area contributed by atoms with Crippen LogP contribution in [0, 0.1) is 11.8 Å². The van der Waals surface area contributed by atoms with Gasteiger partial charge in [0.1, 0.15) is 5.82 Å². The van der Waals surface area contributed by atoms with Crippen molar-refractivity contribution in [2.45, 2.75) is 50.9 Å². The fourth-order valence-electron chi connectivity index (χ4n) is 5.70. The summed E-state index contributed by atoms with van der Waals surface area (Å²) in [4.78, 5) is 6.07. The Labute approximate surface area is 191 Å². The number of aromatic nitrogens is 3. The zero-order valence-corrected chi connectivity index (χ0v) is 19.4. The SMILES string of the molecule is CC(C)n1nc(-c2cnc(N)c(C(F)(F)F)c2)cc1[C@H]1[C@@H]2C[C@H](N3CCS(=O)(=O)CC3)C[C@@H]21. The molecule has 3 heterocycles. The highest BCUT2D eigenvalue weighted by Crippen LogP contribution is 2.64. The molecule has 11 heteroatoms. The zero-order valence-electron chi connectivity index (χ0n) is 18.6. The molecule has 0 aromatic carbocycles. The van der Waals surface area contributed by atoms with E-state index in [1.54, 1.807) is 0 Å². The summed E-state index contributed by atoms with van der Waals surface area (Å²) in [5.74, 6) is 1.28. The Morgan fingerprint density at radius 1 is 1.12 bits per heavy atom. The molecule has 5 rings (SSSR count). The van der Waals surface area contributed by atoms with E-state index in [0.29, 0.717) is 48.1 Å². The Morgan fingerprint density at radius 2 is 1.76 bits per heavy atom. The summed E-state index contributed by atoms with van der Waals surface area (Å²) in [7, 11) is -2.89. The molecular formula is C22H28F3N5O2S. The number of nitrogen functional groups attached to an aromatic ring is 1. The number of nitrogens with two attached hydrogens (primary N) is 1. The number of nitrogens with zero attached hydrogens (tertiary/aromatic N) is 4. The molecular weight excluding hydrogens is 455 g/mol. The van der Waals surface area contributed by atoms with E-state index in [0.717, 1.165) is 24.6 Å². The molecule has 3 aliphatic rings. The molecule has 3 fully saturated rings. The Kier molecular flexibility index (Phi) is 5.28. The predicted molar refractivity (Wildman–Crippen MR) is 118 cm³/mol. The summed E-state index contributed by atoms with van der Waals surface area (Å²) < 4.78 is 65.3. The van der Waals surface area contributed by atoms with Crippen molar-refractivity contribution < 1.29 is 21.6 Å². The Bertz CT molecular complexity index is 1150. The van der Waals surface area contributed by atoms with Crippen LogP contribution in [0.5, 0.6) is 0 Å². The van der Waals surface area contributed by atoms with Gasteiger partial charge in [-0.2, -0.15) is 18.3 Å². The minimum atomic E-state index is -4.58. The van der Waals surface area contributed by atoms with Gasteiger partial charge in [-0.1, -0.05) is 0 Å². The van der Waals surface area contributed by atoms with Crippen molar-refractivity contribution in [3.05, 3.63) is 29.6 Å². The van der Waals surface area contributed by atoms with Gasteiger partial charge in [-0.25, -0.2) is 13.4 Å². The zero-order chi connectivity index (χ0) is 23.7. The first kappa shape index (κ1) is 22.6. The first-order valence-corrected chi connectivity index (χ1v) is 13.1. The topological polar surface area (TPSA) is 94.1 Å². The van der Waals surface area contributed by atoms with Gasteiger partial charge in [0.15, 0.2) is 9.84 Å². The van der Waals surface area contributed by atoms with Crippen LogP contribution in [0.25, 0.3) is 11.3 Å². The molecule has 2 N–H and O–H groups in total. The maximum absolute atomic E-state index is 13.3. The summed E-state index contributed by atoms with van der Waals surface area (Å²) in [5.41, 5.74) is 6.33. The van der Waals surface area contributed by atoms with Gasteiger partial charge < -0.3 is 5.73 Å². The van der Waals surface area contributed by atoms with E-state index < -0.39 is 27.4 Å². The van der Waals surface area contributed by atoms with Gasteiger partial charge in [-0.05, 0) is 50.7 Å². The third kappa shape index (κ3) is 4.14. The van der Waals surface area contributed by atoms with Crippen molar-refractivity contribution in [2.75, 3.05) is 30.3 Å². The van der Waals surface area contributed by atoms with Gasteiger partial charge >= 0.3 is 6.18 Å². The molecule has 1 aliphatic heterocycles. The maximum atomic E-state index is 13.3. The molecule has 2 aliphatic carbocycles. The van der Waals surface area contributed by atoms with E-state index in [9.17, 15) is 21.6 Å². The number of hydrogen-bond donors (Lipinski definition) is 1. The van der Waals surface area contributed by atoms with E-state index in [-0.39, 0.29) is 17.5 Å². The minimum absolute atomic E-state index is 0.0713. The van der Waals surface area contributed by atoms with Crippen molar-refractivity contribution in [2.24, 2.45) is 11.8 Å². The van der Waals surface area contributed by atoms with Gasteiger partial charge in [-0.15, -0.1) is 0 Å². The summed E-state index contributed by atoms with van der Waals surface area (Å²) in [6.07, 6.45) is -1.19. The first-order chi connectivity index (χ1) is 15.4. The van der Waals surface area contributed by atoms with Crippen LogP contribution >= 0.6 is 0 Å². The number of alkyl halides is 3. The number of fused-ring (bicyclic) bond motifs is 1. The molecule has 2 saturated carbocycles. The lowest BCUT2D eigenvalue weighted by molar-refractivity contribution is -0.137. The summed E-state index contributed by atoms with van der Waals surface area (Å²) in [6.45, 7) is 5.24. The van der Waals surface area contributed by atoms with Gasteiger partial charge in [-0.3, -0.25) is 9.58 Å². The quantitative estimate of drug-likeness (QED) is 0.717. The fraction of sp³-hybridized carbons (Fsp3) is 0.636. The number of anilines is 1. The Hall–Kier alpha value is -2.14. The lowest BCUT2D eigenvalue weighted by Crippen LogP contribution is -2.45. The van der Waals surface area contributed by atoms with Crippen LogP contribution in [-0.4, -0.2) is 58.7 Å². The van der Waals surface area contributed by atoms with Crippen molar-refractivity contribution in [3.63, 3.8) is 0 Å². The van der Waals surface area contributed by atoms with Crippen LogP contribution in [0.2, 0.25) is 0 Å². The Balaban J connectivity index is 1.35. The molecule has 2 aromatic rings. The van der Waals surface area contributed by atoms with Crippen molar-refractivity contribution >= 4 is 15.7 Å². The second-order valence-corrected chi connectivity index (χ2v) is 12.1. The molecule has 33 heavy (non-hydrogen) atoms. The highest BCUT2D eigenvalue weighted by molar-refractivity contribution is 7.91. The van der Waals surface area contributed by atoms with Gasteiger partial charge in [0.2, 0.25) is 0 Å². The fourth-order valence-corrected chi connectivity index (χ4v) is 6.93. The van der Waals surface area contributed by atoms with Crippen LogP contribution in [-0.2, 0) is 16.0 Å². The number of sulfone groups is 1. The molecule has 0 unspecified atom stereocenters. The summed E-state index contributed by atoms with van der Waals surface area (Å²) >= 11 is 0. The average Bonchev–Trinajstić information content (AvgIpc) is 3.06. The number of pyridine rings is 1. The highest BCUT2D eigenvalue weighted by Gasteiger charge is 2.58. The third-order valence-corrected chi connectivity index (χ3v) is 9.04. The van der Waals surface area contributed by atoms with Crippen LogP contribution in [0.3, 0.4) is 0 Å². The standard InChI is InChI=1S/C22H28F3N5O2S/c1-12(2)30-19(10-18(28-30)13-7-17(22(23,24)25)21(26)27-11-13)20-15-8-14(9-16(15)20)29-3-5-33(31,32)6-4-29/h7,10-12,14-16,20H,3-6,8-9H2,1-2H3,(H2,26,27)/t14-,15+,16-,20-. The lowest BCUT2D eigenvalue weighted by atomic mass is 10.0. The summed E-state index contributed by atoms with van der Waals surface area (Å²) in [5, 5.41) is 4.64. The second kappa shape index (κ2) is 7.69. The average molecular weight is 484 g/mol. The van der Waals surface area contributed by atoms with Crippen molar-refractivity contribution in [1.82, 2.24) is 19.7 Å². The van der Waals surface area contributed by atoms with E-state index >= 15 is 0 Å².